The van der Waals surface area contributed by atoms with E-state index in [1.54, 1.807) is 18.5 Å². The molecule has 0 saturated heterocycles. The number of benzene rings is 1. The van der Waals surface area contributed by atoms with E-state index >= 15 is 0 Å². The molecule has 1 unspecified atom stereocenters. The molecule has 3 rings (SSSR count). The van der Waals surface area contributed by atoms with Gasteiger partial charge in [0.05, 0.1) is 5.56 Å². The Labute approximate surface area is 136 Å². The Morgan fingerprint density at radius 2 is 2.14 bits per heavy atom. The highest BCUT2D eigenvalue weighted by molar-refractivity contribution is 9.10. The molecule has 1 amide bonds. The van der Waals surface area contributed by atoms with Crippen molar-refractivity contribution in [1.29, 1.82) is 0 Å². The second-order valence-electron chi connectivity index (χ2n) is 5.22. The number of para-hydroxylation sites is 1. The number of carbonyl (C=O) groups excluding carboxylic acids is 1. The first-order valence-corrected chi connectivity index (χ1v) is 7.80. The third kappa shape index (κ3) is 3.36. The van der Waals surface area contributed by atoms with Gasteiger partial charge < -0.3 is 9.73 Å². The van der Waals surface area contributed by atoms with Crippen LogP contribution < -0.4 is 5.32 Å². The minimum atomic E-state index is -0.141. The number of hydrogen-bond acceptors (Lipinski definition) is 3. The largest absolute Gasteiger partial charge is 0.461 e. The van der Waals surface area contributed by atoms with Crippen molar-refractivity contribution >= 4 is 32.8 Å². The zero-order valence-electron chi connectivity index (χ0n) is 12.0. The van der Waals surface area contributed by atoms with Crippen LogP contribution in [0.15, 0.2) is 57.7 Å². The van der Waals surface area contributed by atoms with E-state index in [4.69, 9.17) is 4.42 Å². The van der Waals surface area contributed by atoms with Crippen molar-refractivity contribution < 1.29 is 9.21 Å². The molecule has 0 aliphatic heterocycles. The number of nitrogens with one attached hydrogen (secondary N) is 1. The van der Waals surface area contributed by atoms with Crippen molar-refractivity contribution in [2.75, 3.05) is 0 Å². The summed E-state index contributed by atoms with van der Waals surface area (Å²) in [5, 5.41) is 4.03. The summed E-state index contributed by atoms with van der Waals surface area (Å²) in [5.41, 5.74) is 1.40. The van der Waals surface area contributed by atoms with Crippen LogP contribution in [0.25, 0.3) is 11.0 Å². The normalized spacial score (nSPS) is 12.3. The second kappa shape index (κ2) is 6.32. The lowest BCUT2D eigenvalue weighted by Gasteiger charge is -2.12. The lowest BCUT2D eigenvalue weighted by molar-refractivity contribution is 0.0939. The maximum atomic E-state index is 12.2. The molecule has 22 heavy (non-hydrogen) atoms. The van der Waals surface area contributed by atoms with E-state index in [9.17, 15) is 4.79 Å². The van der Waals surface area contributed by atoms with Gasteiger partial charge in [0.25, 0.3) is 5.91 Å². The van der Waals surface area contributed by atoms with Gasteiger partial charge in [-0.1, -0.05) is 18.2 Å². The van der Waals surface area contributed by atoms with Gasteiger partial charge in [-0.2, -0.15) is 0 Å². The summed E-state index contributed by atoms with van der Waals surface area (Å²) in [6, 6.07) is 11.6. The van der Waals surface area contributed by atoms with Gasteiger partial charge in [-0.25, -0.2) is 0 Å². The Morgan fingerprint density at radius 1 is 1.32 bits per heavy atom. The Morgan fingerprint density at radius 3 is 2.91 bits per heavy atom. The molecule has 2 heterocycles. The van der Waals surface area contributed by atoms with Gasteiger partial charge in [-0.05, 0) is 41.1 Å². The van der Waals surface area contributed by atoms with E-state index < -0.39 is 0 Å². The third-order valence-corrected chi connectivity index (χ3v) is 3.76. The van der Waals surface area contributed by atoms with Gasteiger partial charge >= 0.3 is 0 Å². The molecular formula is C17H15BrN2O2. The van der Waals surface area contributed by atoms with Gasteiger partial charge in [0.15, 0.2) is 0 Å². The highest BCUT2D eigenvalue weighted by Crippen LogP contribution is 2.20. The fraction of sp³-hybridized carbons (Fsp3) is 0.176. The predicted octanol–water partition coefficient (Wildman–Crippen LogP) is 3.95. The molecule has 0 radical (unpaired) electrons. The lowest BCUT2D eigenvalue weighted by atomic mass is 10.1. The SMILES string of the molecule is CC(Cc1cc2ccccc2o1)NC(=O)c1cncc(Br)c1. The molecular weight excluding hydrogens is 344 g/mol. The zero-order valence-corrected chi connectivity index (χ0v) is 13.6. The van der Waals surface area contributed by atoms with Crippen LogP contribution in [-0.2, 0) is 6.42 Å². The van der Waals surface area contributed by atoms with Gasteiger partial charge in [0.2, 0.25) is 0 Å². The molecule has 0 saturated carbocycles. The van der Waals surface area contributed by atoms with Crippen molar-refractivity contribution in [3.05, 3.63) is 64.6 Å². The number of hydrogen-bond donors (Lipinski definition) is 1. The molecule has 3 aromatic rings. The molecule has 0 aliphatic rings. The van der Waals surface area contributed by atoms with Crippen molar-refractivity contribution in [2.24, 2.45) is 0 Å². The predicted molar refractivity (Wildman–Crippen MR) is 88.8 cm³/mol. The van der Waals surface area contributed by atoms with Gasteiger partial charge in [0, 0.05) is 34.7 Å². The van der Waals surface area contributed by atoms with Crippen molar-refractivity contribution in [3.8, 4) is 0 Å². The molecule has 0 aliphatic carbocycles. The van der Waals surface area contributed by atoms with E-state index in [2.05, 4.69) is 26.2 Å². The summed E-state index contributed by atoms with van der Waals surface area (Å²) in [5.74, 6) is 0.721. The summed E-state index contributed by atoms with van der Waals surface area (Å²) in [7, 11) is 0. The van der Waals surface area contributed by atoms with E-state index in [1.807, 2.05) is 37.3 Å². The number of rotatable bonds is 4. The third-order valence-electron chi connectivity index (χ3n) is 3.33. The van der Waals surface area contributed by atoms with Gasteiger partial charge in [-0.15, -0.1) is 0 Å². The number of pyridine rings is 1. The fourth-order valence-electron chi connectivity index (χ4n) is 2.33. The topological polar surface area (TPSA) is 55.1 Å². The molecule has 0 bridgehead atoms. The van der Waals surface area contributed by atoms with Crippen molar-refractivity contribution in [2.45, 2.75) is 19.4 Å². The first-order valence-electron chi connectivity index (χ1n) is 7.00. The van der Waals surface area contributed by atoms with Crippen LogP contribution in [0.5, 0.6) is 0 Å². The lowest BCUT2D eigenvalue weighted by Crippen LogP contribution is -2.34. The minimum absolute atomic E-state index is 0.0351. The fourth-order valence-corrected chi connectivity index (χ4v) is 2.70. The van der Waals surface area contributed by atoms with Crippen molar-refractivity contribution in [3.63, 3.8) is 0 Å². The first kappa shape index (κ1) is 14.8. The van der Waals surface area contributed by atoms with Crippen LogP contribution in [0, 0.1) is 0 Å². The highest BCUT2D eigenvalue weighted by atomic mass is 79.9. The maximum Gasteiger partial charge on any atom is 0.253 e. The van der Waals surface area contributed by atoms with Crippen LogP contribution in [0.2, 0.25) is 0 Å². The summed E-state index contributed by atoms with van der Waals surface area (Å²) >= 11 is 3.31. The average Bonchev–Trinajstić information content (AvgIpc) is 2.89. The number of amides is 1. The molecule has 5 heteroatoms. The molecule has 4 nitrogen and oxygen atoms in total. The number of carbonyl (C=O) groups is 1. The Bertz CT molecular complexity index is 780. The summed E-state index contributed by atoms with van der Waals surface area (Å²) in [6.45, 7) is 1.95. The number of aromatic nitrogens is 1. The number of nitrogens with zero attached hydrogens (tertiary/aromatic N) is 1. The highest BCUT2D eigenvalue weighted by Gasteiger charge is 2.13. The Hall–Kier alpha value is -2.14. The van der Waals surface area contributed by atoms with E-state index in [0.717, 1.165) is 21.2 Å². The van der Waals surface area contributed by atoms with Crippen LogP contribution in [0.3, 0.4) is 0 Å². The summed E-state index contributed by atoms with van der Waals surface area (Å²) in [4.78, 5) is 16.2. The smallest absolute Gasteiger partial charge is 0.253 e. The van der Waals surface area contributed by atoms with Crippen LogP contribution in [0.4, 0.5) is 0 Å². The summed E-state index contributed by atoms with van der Waals surface area (Å²) in [6.07, 6.45) is 3.84. The zero-order chi connectivity index (χ0) is 15.5. The number of fused-ring (bicyclic) bond motifs is 1. The standard InChI is InChI=1S/C17H15BrN2O2/c1-11(20-17(21)13-7-14(18)10-19-9-13)6-15-8-12-4-2-3-5-16(12)22-15/h2-5,7-11H,6H2,1H3,(H,20,21). The van der Waals surface area contributed by atoms with Crippen molar-refractivity contribution in [1.82, 2.24) is 10.3 Å². The Kier molecular flexibility index (Phi) is 4.24. The summed E-state index contributed by atoms with van der Waals surface area (Å²) < 4.78 is 6.56. The van der Waals surface area contributed by atoms with Crippen LogP contribution in [0.1, 0.15) is 23.0 Å². The number of furan rings is 1. The average molecular weight is 359 g/mol. The number of halogens is 1. The minimum Gasteiger partial charge on any atom is -0.461 e. The molecule has 0 spiro atoms. The molecule has 1 aromatic carbocycles. The monoisotopic (exact) mass is 358 g/mol. The maximum absolute atomic E-state index is 12.2. The van der Waals surface area contributed by atoms with E-state index in [1.165, 1.54) is 0 Å². The van der Waals surface area contributed by atoms with E-state index in [-0.39, 0.29) is 11.9 Å². The van der Waals surface area contributed by atoms with Crippen LogP contribution >= 0.6 is 15.9 Å². The van der Waals surface area contributed by atoms with Crippen LogP contribution in [-0.4, -0.2) is 16.9 Å². The first-order chi connectivity index (χ1) is 10.6. The molecule has 0 fully saturated rings. The quantitative estimate of drug-likeness (QED) is 0.767. The van der Waals surface area contributed by atoms with Gasteiger partial charge in [0.1, 0.15) is 11.3 Å². The Balaban J connectivity index is 1.66. The van der Waals surface area contributed by atoms with Gasteiger partial charge in [-0.3, -0.25) is 9.78 Å². The molecule has 1 N–H and O–H groups in total. The molecule has 112 valence electrons. The second-order valence-corrected chi connectivity index (χ2v) is 6.14. The molecule has 2 aromatic heterocycles. The van der Waals surface area contributed by atoms with E-state index in [0.29, 0.717) is 12.0 Å². The molecule has 1 atom stereocenters.